The van der Waals surface area contributed by atoms with Crippen molar-refractivity contribution in [2.45, 2.75) is 6.92 Å². The van der Waals surface area contributed by atoms with Crippen LogP contribution in [0.3, 0.4) is 0 Å². The molecule has 0 fully saturated rings. The summed E-state index contributed by atoms with van der Waals surface area (Å²) in [7, 11) is 0. The molecule has 0 aromatic heterocycles. The normalized spacial score (nSPS) is 10.1. The fourth-order valence-corrected chi connectivity index (χ4v) is 1.89. The maximum absolute atomic E-state index is 13.4. The van der Waals surface area contributed by atoms with Crippen LogP contribution in [-0.4, -0.2) is 25.1 Å². The molecule has 24 heavy (non-hydrogen) atoms. The summed E-state index contributed by atoms with van der Waals surface area (Å²) in [5, 5.41) is 2.49. The van der Waals surface area contributed by atoms with Crippen LogP contribution in [0, 0.1) is 11.6 Å². The molecule has 0 aliphatic carbocycles. The van der Waals surface area contributed by atoms with Gasteiger partial charge in [-0.25, -0.2) is 13.6 Å². The van der Waals surface area contributed by atoms with E-state index in [1.54, 1.807) is 24.3 Å². The van der Waals surface area contributed by atoms with E-state index < -0.39 is 35.7 Å². The SMILES string of the molecule is CCOc1ccc(NC(=O)COC(=O)c2c(F)cccc2F)cc1. The third kappa shape index (κ3) is 4.52. The van der Waals surface area contributed by atoms with Crippen LogP contribution in [0.5, 0.6) is 5.75 Å². The second-order valence-corrected chi connectivity index (χ2v) is 4.68. The van der Waals surface area contributed by atoms with E-state index in [0.717, 1.165) is 18.2 Å². The molecular formula is C17H15F2NO4. The summed E-state index contributed by atoms with van der Waals surface area (Å²) in [6, 6.07) is 9.54. The first-order chi connectivity index (χ1) is 11.5. The molecule has 5 nitrogen and oxygen atoms in total. The molecule has 0 aliphatic rings. The number of halogens is 2. The van der Waals surface area contributed by atoms with Crippen molar-refractivity contribution in [3.63, 3.8) is 0 Å². The van der Waals surface area contributed by atoms with Crippen molar-refractivity contribution in [1.82, 2.24) is 0 Å². The first kappa shape index (κ1) is 17.4. The molecule has 7 heteroatoms. The van der Waals surface area contributed by atoms with Crippen molar-refractivity contribution in [2.24, 2.45) is 0 Å². The summed E-state index contributed by atoms with van der Waals surface area (Å²) in [5.74, 6) is -3.33. The van der Waals surface area contributed by atoms with Crippen LogP contribution in [-0.2, 0) is 9.53 Å². The monoisotopic (exact) mass is 335 g/mol. The van der Waals surface area contributed by atoms with Gasteiger partial charge >= 0.3 is 5.97 Å². The lowest BCUT2D eigenvalue weighted by Gasteiger charge is -2.08. The smallest absolute Gasteiger partial charge is 0.344 e. The Morgan fingerprint density at radius 2 is 1.67 bits per heavy atom. The lowest BCUT2D eigenvalue weighted by molar-refractivity contribution is -0.119. The minimum absolute atomic E-state index is 0.469. The van der Waals surface area contributed by atoms with E-state index in [1.165, 1.54) is 0 Å². The topological polar surface area (TPSA) is 64.6 Å². The number of nitrogens with one attached hydrogen (secondary N) is 1. The van der Waals surface area contributed by atoms with Gasteiger partial charge in [-0.05, 0) is 43.3 Å². The van der Waals surface area contributed by atoms with E-state index in [0.29, 0.717) is 18.0 Å². The molecule has 0 heterocycles. The molecule has 0 saturated heterocycles. The second kappa shape index (κ2) is 8.05. The number of hydrogen-bond acceptors (Lipinski definition) is 4. The molecule has 0 radical (unpaired) electrons. The van der Waals surface area contributed by atoms with Crippen LogP contribution in [0.15, 0.2) is 42.5 Å². The Labute approximate surface area is 137 Å². The van der Waals surface area contributed by atoms with Crippen molar-refractivity contribution in [3.05, 3.63) is 59.7 Å². The highest BCUT2D eigenvalue weighted by molar-refractivity contribution is 5.95. The van der Waals surface area contributed by atoms with Gasteiger partial charge in [0.2, 0.25) is 0 Å². The third-order valence-electron chi connectivity index (χ3n) is 2.95. The Morgan fingerprint density at radius 1 is 1.04 bits per heavy atom. The lowest BCUT2D eigenvalue weighted by atomic mass is 10.2. The van der Waals surface area contributed by atoms with E-state index in [2.05, 4.69) is 10.1 Å². The molecule has 0 saturated carbocycles. The van der Waals surface area contributed by atoms with Crippen molar-refractivity contribution in [1.29, 1.82) is 0 Å². The van der Waals surface area contributed by atoms with Crippen LogP contribution < -0.4 is 10.1 Å². The zero-order valence-electron chi connectivity index (χ0n) is 12.8. The van der Waals surface area contributed by atoms with Crippen LogP contribution in [0.2, 0.25) is 0 Å². The Bertz CT molecular complexity index is 712. The average molecular weight is 335 g/mol. The van der Waals surface area contributed by atoms with Gasteiger partial charge in [0.15, 0.2) is 6.61 Å². The molecule has 1 N–H and O–H groups in total. The van der Waals surface area contributed by atoms with Gasteiger partial charge in [0.05, 0.1) is 6.61 Å². The Kier molecular flexibility index (Phi) is 5.83. The molecular weight excluding hydrogens is 320 g/mol. The van der Waals surface area contributed by atoms with Gasteiger partial charge in [0.25, 0.3) is 5.91 Å². The summed E-state index contributed by atoms with van der Waals surface area (Å²) < 4.78 is 36.7. The number of hydrogen-bond donors (Lipinski definition) is 1. The van der Waals surface area contributed by atoms with E-state index in [1.807, 2.05) is 6.92 Å². The first-order valence-electron chi connectivity index (χ1n) is 7.15. The minimum Gasteiger partial charge on any atom is -0.494 e. The first-order valence-corrected chi connectivity index (χ1v) is 7.15. The van der Waals surface area contributed by atoms with Gasteiger partial charge in [-0.2, -0.15) is 0 Å². The predicted octanol–water partition coefficient (Wildman–Crippen LogP) is 3.16. The van der Waals surface area contributed by atoms with Crippen molar-refractivity contribution >= 4 is 17.6 Å². The molecule has 0 bridgehead atoms. The summed E-state index contributed by atoms with van der Waals surface area (Å²) in [6.45, 7) is 1.70. The van der Waals surface area contributed by atoms with Crippen LogP contribution in [0.25, 0.3) is 0 Å². The number of ether oxygens (including phenoxy) is 2. The zero-order chi connectivity index (χ0) is 17.5. The Morgan fingerprint density at radius 3 is 2.25 bits per heavy atom. The van der Waals surface area contributed by atoms with Crippen LogP contribution in [0.1, 0.15) is 17.3 Å². The molecule has 1 amide bonds. The highest BCUT2D eigenvalue weighted by Crippen LogP contribution is 2.16. The summed E-state index contributed by atoms with van der Waals surface area (Å²) >= 11 is 0. The molecule has 126 valence electrons. The minimum atomic E-state index is -1.24. The molecule has 2 aromatic carbocycles. The fraction of sp³-hybridized carbons (Fsp3) is 0.176. The van der Waals surface area contributed by atoms with Crippen molar-refractivity contribution < 1.29 is 27.8 Å². The van der Waals surface area contributed by atoms with Crippen molar-refractivity contribution in [2.75, 3.05) is 18.5 Å². The highest BCUT2D eigenvalue weighted by atomic mass is 19.1. The van der Waals surface area contributed by atoms with Gasteiger partial charge in [-0.3, -0.25) is 4.79 Å². The molecule has 0 atom stereocenters. The summed E-state index contributed by atoms with van der Waals surface area (Å²) in [6.07, 6.45) is 0. The maximum Gasteiger partial charge on any atom is 0.344 e. The Hall–Kier alpha value is -2.96. The van der Waals surface area contributed by atoms with Gasteiger partial charge in [0.1, 0.15) is 22.9 Å². The number of amides is 1. The second-order valence-electron chi connectivity index (χ2n) is 4.68. The van der Waals surface area contributed by atoms with E-state index in [9.17, 15) is 18.4 Å². The van der Waals surface area contributed by atoms with Gasteiger partial charge < -0.3 is 14.8 Å². The summed E-state index contributed by atoms with van der Waals surface area (Å²) in [4.78, 5) is 23.4. The summed E-state index contributed by atoms with van der Waals surface area (Å²) in [5.41, 5.74) is -0.358. The number of anilines is 1. The van der Waals surface area contributed by atoms with Gasteiger partial charge in [0, 0.05) is 5.69 Å². The predicted molar refractivity (Wildman–Crippen MR) is 82.9 cm³/mol. The fourth-order valence-electron chi connectivity index (χ4n) is 1.89. The number of rotatable bonds is 6. The quantitative estimate of drug-likeness (QED) is 0.824. The number of carbonyl (C=O) groups excluding carboxylic acids is 2. The van der Waals surface area contributed by atoms with E-state index in [-0.39, 0.29) is 0 Å². The molecule has 0 spiro atoms. The molecule has 0 aliphatic heterocycles. The number of carbonyl (C=O) groups is 2. The van der Waals surface area contributed by atoms with Crippen molar-refractivity contribution in [3.8, 4) is 5.75 Å². The molecule has 0 unspecified atom stereocenters. The number of benzene rings is 2. The molecule has 2 aromatic rings. The Balaban J connectivity index is 1.90. The highest BCUT2D eigenvalue weighted by Gasteiger charge is 2.19. The lowest BCUT2D eigenvalue weighted by Crippen LogP contribution is -2.21. The standard InChI is InChI=1S/C17H15F2NO4/c1-2-23-12-8-6-11(7-9-12)20-15(21)10-24-17(22)16-13(18)4-3-5-14(16)19/h3-9H,2,10H2,1H3,(H,20,21). The maximum atomic E-state index is 13.4. The zero-order valence-corrected chi connectivity index (χ0v) is 12.8. The van der Waals surface area contributed by atoms with E-state index >= 15 is 0 Å². The van der Waals surface area contributed by atoms with Crippen LogP contribution in [0.4, 0.5) is 14.5 Å². The van der Waals surface area contributed by atoms with Gasteiger partial charge in [-0.15, -0.1) is 0 Å². The largest absolute Gasteiger partial charge is 0.494 e. The third-order valence-corrected chi connectivity index (χ3v) is 2.95. The van der Waals surface area contributed by atoms with E-state index in [4.69, 9.17) is 4.74 Å². The van der Waals surface area contributed by atoms with Gasteiger partial charge in [-0.1, -0.05) is 6.07 Å². The number of esters is 1. The molecule has 2 rings (SSSR count). The average Bonchev–Trinajstić information content (AvgIpc) is 2.55. The van der Waals surface area contributed by atoms with Crippen LogP contribution >= 0.6 is 0 Å².